The molecule has 1 heterocycles. The van der Waals surface area contributed by atoms with Crippen molar-refractivity contribution in [3.8, 4) is 0 Å². The number of nitrogens with one attached hydrogen (secondary N) is 1. The molecule has 1 aliphatic heterocycles. The molecule has 3 heteroatoms. The van der Waals surface area contributed by atoms with Crippen molar-refractivity contribution in [1.29, 1.82) is 0 Å². The molecule has 1 saturated heterocycles. The van der Waals surface area contributed by atoms with Gasteiger partial charge in [0.15, 0.2) is 0 Å². The standard InChI is InChI=1S/C15H23FN2/c1-15(2)11-18(9-8-12(15)10-17-3)14-7-5-4-6-13(14)16/h4-7,12,17H,8-11H2,1-3H3. The van der Waals surface area contributed by atoms with E-state index in [0.717, 1.165) is 31.7 Å². The van der Waals surface area contributed by atoms with Gasteiger partial charge in [-0.25, -0.2) is 4.39 Å². The second-order valence-corrected chi connectivity index (χ2v) is 5.90. The normalized spacial score (nSPS) is 23.1. The average molecular weight is 250 g/mol. The van der Waals surface area contributed by atoms with Gasteiger partial charge in [0.05, 0.1) is 5.69 Å². The maximum Gasteiger partial charge on any atom is 0.146 e. The Morgan fingerprint density at radius 1 is 1.39 bits per heavy atom. The molecule has 0 aliphatic carbocycles. The van der Waals surface area contributed by atoms with E-state index in [4.69, 9.17) is 0 Å². The number of halogens is 1. The van der Waals surface area contributed by atoms with E-state index in [9.17, 15) is 4.39 Å². The van der Waals surface area contributed by atoms with Gasteiger partial charge in [-0.3, -0.25) is 0 Å². The van der Waals surface area contributed by atoms with Crippen LogP contribution in [0.2, 0.25) is 0 Å². The molecule has 2 nitrogen and oxygen atoms in total. The summed E-state index contributed by atoms with van der Waals surface area (Å²) in [5.41, 5.74) is 0.956. The van der Waals surface area contributed by atoms with Crippen molar-refractivity contribution in [3.63, 3.8) is 0 Å². The van der Waals surface area contributed by atoms with Crippen LogP contribution in [0.25, 0.3) is 0 Å². The first kappa shape index (κ1) is 13.3. The molecule has 100 valence electrons. The zero-order valence-electron chi connectivity index (χ0n) is 11.5. The first-order chi connectivity index (χ1) is 8.54. The molecule has 1 atom stereocenters. The molecule has 1 aromatic rings. The SMILES string of the molecule is CNCC1CCN(c2ccccc2F)CC1(C)C. The Morgan fingerprint density at radius 3 is 2.72 bits per heavy atom. The maximum atomic E-state index is 13.8. The highest BCUT2D eigenvalue weighted by Gasteiger charge is 2.35. The Kier molecular flexibility index (Phi) is 3.91. The third-order valence-corrected chi connectivity index (χ3v) is 4.09. The van der Waals surface area contributed by atoms with E-state index in [1.807, 2.05) is 19.2 Å². The van der Waals surface area contributed by atoms with Crippen LogP contribution in [0.4, 0.5) is 10.1 Å². The molecule has 18 heavy (non-hydrogen) atoms. The lowest BCUT2D eigenvalue weighted by Crippen LogP contribution is -2.48. The summed E-state index contributed by atoms with van der Waals surface area (Å²) < 4.78 is 13.8. The molecule has 1 unspecified atom stereocenters. The van der Waals surface area contributed by atoms with Crippen LogP contribution < -0.4 is 10.2 Å². The van der Waals surface area contributed by atoms with E-state index < -0.39 is 0 Å². The van der Waals surface area contributed by atoms with E-state index >= 15 is 0 Å². The first-order valence-electron chi connectivity index (χ1n) is 6.68. The van der Waals surface area contributed by atoms with E-state index in [1.54, 1.807) is 12.1 Å². The molecule has 0 bridgehead atoms. The van der Waals surface area contributed by atoms with Crippen LogP contribution in [0.3, 0.4) is 0 Å². The minimum absolute atomic E-state index is 0.111. The van der Waals surface area contributed by atoms with Crippen molar-refractivity contribution >= 4 is 5.69 Å². The fourth-order valence-corrected chi connectivity index (χ4v) is 2.94. The zero-order chi connectivity index (χ0) is 13.2. The Bertz CT molecular complexity index is 403. The number of hydrogen-bond acceptors (Lipinski definition) is 2. The minimum Gasteiger partial charge on any atom is -0.369 e. The molecule has 1 aliphatic rings. The highest BCUT2D eigenvalue weighted by atomic mass is 19.1. The third-order valence-electron chi connectivity index (χ3n) is 4.09. The van der Waals surface area contributed by atoms with Crippen LogP contribution >= 0.6 is 0 Å². The summed E-state index contributed by atoms with van der Waals surface area (Å²) in [4.78, 5) is 2.18. The Labute approximate surface area is 109 Å². The lowest BCUT2D eigenvalue weighted by molar-refractivity contribution is 0.174. The number of rotatable bonds is 3. The number of para-hydroxylation sites is 1. The van der Waals surface area contributed by atoms with Gasteiger partial charge in [-0.05, 0) is 43.5 Å². The van der Waals surface area contributed by atoms with Crippen molar-refractivity contribution < 1.29 is 4.39 Å². The summed E-state index contributed by atoms with van der Waals surface area (Å²) in [7, 11) is 2.00. The number of anilines is 1. The zero-order valence-corrected chi connectivity index (χ0v) is 11.5. The van der Waals surface area contributed by atoms with Crippen molar-refractivity contribution in [3.05, 3.63) is 30.1 Å². The molecule has 2 rings (SSSR count). The van der Waals surface area contributed by atoms with Gasteiger partial charge in [0.25, 0.3) is 0 Å². The summed E-state index contributed by atoms with van der Waals surface area (Å²) in [5.74, 6) is 0.547. The largest absolute Gasteiger partial charge is 0.369 e. The van der Waals surface area contributed by atoms with E-state index in [1.165, 1.54) is 0 Å². The average Bonchev–Trinajstić information content (AvgIpc) is 2.32. The Morgan fingerprint density at radius 2 is 2.11 bits per heavy atom. The van der Waals surface area contributed by atoms with Crippen molar-refractivity contribution in [2.24, 2.45) is 11.3 Å². The van der Waals surface area contributed by atoms with Gasteiger partial charge >= 0.3 is 0 Å². The second-order valence-electron chi connectivity index (χ2n) is 5.90. The maximum absolute atomic E-state index is 13.8. The molecule has 1 N–H and O–H groups in total. The predicted molar refractivity (Wildman–Crippen MR) is 74.4 cm³/mol. The van der Waals surface area contributed by atoms with Gasteiger partial charge in [-0.15, -0.1) is 0 Å². The Hall–Kier alpha value is -1.09. The fraction of sp³-hybridized carbons (Fsp3) is 0.600. The Balaban J connectivity index is 2.14. The van der Waals surface area contributed by atoms with Crippen LogP contribution in [-0.4, -0.2) is 26.7 Å². The van der Waals surface area contributed by atoms with Crippen LogP contribution in [0.5, 0.6) is 0 Å². The molecular formula is C15H23FN2. The van der Waals surface area contributed by atoms with Crippen LogP contribution in [0.15, 0.2) is 24.3 Å². The molecular weight excluding hydrogens is 227 g/mol. The van der Waals surface area contributed by atoms with Crippen molar-refractivity contribution in [2.75, 3.05) is 31.6 Å². The van der Waals surface area contributed by atoms with Gasteiger partial charge in [0.1, 0.15) is 5.82 Å². The molecule has 0 spiro atoms. The van der Waals surface area contributed by atoms with Crippen LogP contribution in [0.1, 0.15) is 20.3 Å². The fourth-order valence-electron chi connectivity index (χ4n) is 2.94. The molecule has 0 amide bonds. The van der Waals surface area contributed by atoms with Crippen LogP contribution in [-0.2, 0) is 0 Å². The predicted octanol–water partition coefficient (Wildman–Crippen LogP) is 2.90. The number of piperidine rings is 1. The van der Waals surface area contributed by atoms with Crippen molar-refractivity contribution in [1.82, 2.24) is 5.32 Å². The van der Waals surface area contributed by atoms with Gasteiger partial charge in [0.2, 0.25) is 0 Å². The number of nitrogens with zero attached hydrogens (tertiary/aromatic N) is 1. The van der Waals surface area contributed by atoms with Gasteiger partial charge in [0, 0.05) is 13.1 Å². The van der Waals surface area contributed by atoms with Gasteiger partial charge < -0.3 is 10.2 Å². The second kappa shape index (κ2) is 5.27. The summed E-state index contributed by atoms with van der Waals surface area (Å²) in [6, 6.07) is 7.08. The topological polar surface area (TPSA) is 15.3 Å². The van der Waals surface area contributed by atoms with Gasteiger partial charge in [-0.1, -0.05) is 26.0 Å². The molecule has 0 aromatic heterocycles. The third kappa shape index (κ3) is 2.66. The number of hydrogen-bond donors (Lipinski definition) is 1. The molecule has 1 fully saturated rings. The number of benzene rings is 1. The summed E-state index contributed by atoms with van der Waals surface area (Å²) in [6.45, 7) is 7.46. The van der Waals surface area contributed by atoms with E-state index in [0.29, 0.717) is 5.92 Å². The highest BCUT2D eigenvalue weighted by Crippen LogP contribution is 2.36. The smallest absolute Gasteiger partial charge is 0.146 e. The lowest BCUT2D eigenvalue weighted by Gasteiger charge is -2.45. The monoisotopic (exact) mass is 250 g/mol. The van der Waals surface area contributed by atoms with Crippen LogP contribution in [0, 0.1) is 17.2 Å². The quantitative estimate of drug-likeness (QED) is 0.887. The summed E-state index contributed by atoms with van der Waals surface area (Å²) >= 11 is 0. The molecule has 1 aromatic carbocycles. The van der Waals surface area contributed by atoms with Gasteiger partial charge in [-0.2, -0.15) is 0 Å². The van der Waals surface area contributed by atoms with Crippen molar-refractivity contribution in [2.45, 2.75) is 20.3 Å². The summed E-state index contributed by atoms with van der Waals surface area (Å²) in [5, 5.41) is 3.27. The van der Waals surface area contributed by atoms with E-state index in [2.05, 4.69) is 24.1 Å². The first-order valence-corrected chi connectivity index (χ1v) is 6.68. The highest BCUT2D eigenvalue weighted by molar-refractivity contribution is 5.48. The van der Waals surface area contributed by atoms with E-state index in [-0.39, 0.29) is 11.2 Å². The molecule has 0 saturated carbocycles. The lowest BCUT2D eigenvalue weighted by atomic mass is 9.73. The minimum atomic E-state index is -0.111. The summed E-state index contributed by atoms with van der Waals surface area (Å²) in [6.07, 6.45) is 1.11. The molecule has 0 radical (unpaired) electrons.